The average molecular weight is 292 g/mol. The molecule has 0 aromatic heterocycles. The van der Waals surface area contributed by atoms with Gasteiger partial charge in [-0.1, -0.05) is 38.1 Å². The highest BCUT2D eigenvalue weighted by Gasteiger charge is 2.25. The third-order valence-electron chi connectivity index (χ3n) is 3.61. The first-order chi connectivity index (χ1) is 9.82. The van der Waals surface area contributed by atoms with Gasteiger partial charge in [0.2, 0.25) is 5.91 Å². The van der Waals surface area contributed by atoms with Crippen LogP contribution in [0.25, 0.3) is 0 Å². The van der Waals surface area contributed by atoms with Crippen LogP contribution in [0.4, 0.5) is 0 Å². The molecule has 2 N–H and O–H groups in total. The van der Waals surface area contributed by atoms with Gasteiger partial charge in [-0.15, -0.1) is 0 Å². The van der Waals surface area contributed by atoms with E-state index in [1.807, 2.05) is 38.4 Å². The van der Waals surface area contributed by atoms with Crippen LogP contribution in [0, 0.1) is 11.8 Å². The van der Waals surface area contributed by atoms with E-state index in [2.05, 4.69) is 10.2 Å². The maximum Gasteiger partial charge on any atom is 0.307 e. The van der Waals surface area contributed by atoms with Gasteiger partial charge in [-0.2, -0.15) is 0 Å². The van der Waals surface area contributed by atoms with E-state index in [1.54, 1.807) is 13.8 Å². The number of nitrogens with zero attached hydrogens (tertiary/aromatic N) is 1. The summed E-state index contributed by atoms with van der Waals surface area (Å²) in [5.74, 6) is -2.43. The van der Waals surface area contributed by atoms with Crippen molar-refractivity contribution < 1.29 is 14.7 Å². The van der Waals surface area contributed by atoms with Crippen LogP contribution >= 0.6 is 0 Å². The van der Waals surface area contributed by atoms with Crippen LogP contribution in [-0.4, -0.2) is 36.0 Å². The molecule has 116 valence electrons. The summed E-state index contributed by atoms with van der Waals surface area (Å²) < 4.78 is 0. The smallest absolute Gasteiger partial charge is 0.307 e. The summed E-state index contributed by atoms with van der Waals surface area (Å²) in [6.07, 6.45) is 0. The number of nitrogens with one attached hydrogen (secondary N) is 1. The second-order valence-electron chi connectivity index (χ2n) is 5.64. The van der Waals surface area contributed by atoms with Crippen molar-refractivity contribution in [3.05, 3.63) is 35.4 Å². The summed E-state index contributed by atoms with van der Waals surface area (Å²) in [6, 6.07) is 7.92. The number of amides is 1. The largest absolute Gasteiger partial charge is 0.481 e. The van der Waals surface area contributed by atoms with Crippen molar-refractivity contribution in [2.45, 2.75) is 26.9 Å². The predicted molar refractivity (Wildman–Crippen MR) is 81.6 cm³/mol. The Morgan fingerprint density at radius 1 is 1.14 bits per heavy atom. The van der Waals surface area contributed by atoms with Crippen molar-refractivity contribution in [2.75, 3.05) is 14.1 Å². The number of carbonyl (C=O) groups excluding carboxylic acids is 1. The summed E-state index contributed by atoms with van der Waals surface area (Å²) in [7, 11) is 3.98. The van der Waals surface area contributed by atoms with Gasteiger partial charge < -0.3 is 15.3 Å². The molecule has 1 aromatic carbocycles. The lowest BCUT2D eigenvalue weighted by Gasteiger charge is -2.18. The van der Waals surface area contributed by atoms with Crippen molar-refractivity contribution in [1.29, 1.82) is 0 Å². The number of carbonyl (C=O) groups is 2. The van der Waals surface area contributed by atoms with Crippen molar-refractivity contribution >= 4 is 11.9 Å². The summed E-state index contributed by atoms with van der Waals surface area (Å²) in [6.45, 7) is 4.40. The van der Waals surface area contributed by atoms with Gasteiger partial charge in [-0.25, -0.2) is 0 Å². The lowest BCUT2D eigenvalue weighted by Crippen LogP contribution is -2.35. The standard InChI is InChI=1S/C16H24N2O3/c1-11(12(2)16(20)21)15(19)17-9-13-7-5-6-8-14(13)10-18(3)4/h5-8,11-12H,9-10H2,1-4H3,(H,17,19)(H,20,21). The molecule has 21 heavy (non-hydrogen) atoms. The molecule has 1 amide bonds. The molecule has 0 saturated carbocycles. The fourth-order valence-electron chi connectivity index (χ4n) is 2.01. The molecule has 0 fully saturated rings. The third-order valence-corrected chi connectivity index (χ3v) is 3.61. The Balaban J connectivity index is 2.67. The van der Waals surface area contributed by atoms with Crippen LogP contribution < -0.4 is 5.32 Å². The number of benzene rings is 1. The molecule has 1 aromatic rings. The molecule has 0 aliphatic rings. The summed E-state index contributed by atoms with van der Waals surface area (Å²) in [5, 5.41) is 11.8. The number of hydrogen-bond donors (Lipinski definition) is 2. The minimum absolute atomic E-state index is 0.232. The van der Waals surface area contributed by atoms with Gasteiger partial charge in [0.05, 0.1) is 5.92 Å². The number of carboxylic acid groups (broad SMARTS) is 1. The molecule has 0 aliphatic carbocycles. The zero-order chi connectivity index (χ0) is 16.0. The van der Waals surface area contributed by atoms with Crippen LogP contribution in [0.2, 0.25) is 0 Å². The van der Waals surface area contributed by atoms with E-state index in [4.69, 9.17) is 5.11 Å². The van der Waals surface area contributed by atoms with Crippen LogP contribution in [0.3, 0.4) is 0 Å². The first-order valence-electron chi connectivity index (χ1n) is 7.05. The maximum absolute atomic E-state index is 12.0. The molecular weight excluding hydrogens is 268 g/mol. The molecule has 0 spiro atoms. The number of rotatable bonds is 7. The highest BCUT2D eigenvalue weighted by atomic mass is 16.4. The van der Waals surface area contributed by atoms with E-state index in [0.717, 1.165) is 17.7 Å². The van der Waals surface area contributed by atoms with Crippen molar-refractivity contribution in [3.8, 4) is 0 Å². The number of aliphatic carboxylic acids is 1. The quantitative estimate of drug-likeness (QED) is 0.803. The second-order valence-corrected chi connectivity index (χ2v) is 5.64. The van der Waals surface area contributed by atoms with Crippen molar-refractivity contribution in [3.63, 3.8) is 0 Å². The van der Waals surface area contributed by atoms with Gasteiger partial charge in [0.25, 0.3) is 0 Å². The van der Waals surface area contributed by atoms with Crippen LogP contribution in [0.15, 0.2) is 24.3 Å². The minimum Gasteiger partial charge on any atom is -0.481 e. The minimum atomic E-state index is -0.953. The van der Waals surface area contributed by atoms with E-state index in [-0.39, 0.29) is 5.91 Å². The van der Waals surface area contributed by atoms with Gasteiger partial charge in [0, 0.05) is 19.0 Å². The normalized spacial score (nSPS) is 13.8. The molecular formula is C16H24N2O3. The first kappa shape index (κ1) is 17.2. The maximum atomic E-state index is 12.0. The Kier molecular flexibility index (Phi) is 6.37. The van der Waals surface area contributed by atoms with E-state index >= 15 is 0 Å². The highest BCUT2D eigenvalue weighted by molar-refractivity contribution is 5.84. The lowest BCUT2D eigenvalue weighted by molar-refractivity contribution is -0.146. The van der Waals surface area contributed by atoms with Crippen molar-refractivity contribution in [2.24, 2.45) is 11.8 Å². The Morgan fingerprint density at radius 2 is 1.71 bits per heavy atom. The first-order valence-corrected chi connectivity index (χ1v) is 7.05. The third kappa shape index (κ3) is 5.19. The molecule has 5 heteroatoms. The summed E-state index contributed by atoms with van der Waals surface area (Å²) >= 11 is 0. The zero-order valence-electron chi connectivity index (χ0n) is 13.1. The second kappa shape index (κ2) is 7.78. The lowest BCUT2D eigenvalue weighted by atomic mass is 9.95. The Bertz CT molecular complexity index is 500. The molecule has 0 bridgehead atoms. The molecule has 0 heterocycles. The molecule has 0 aliphatic heterocycles. The summed E-state index contributed by atoms with van der Waals surface area (Å²) in [4.78, 5) is 25.0. The molecule has 5 nitrogen and oxygen atoms in total. The summed E-state index contributed by atoms with van der Waals surface area (Å²) in [5.41, 5.74) is 2.21. The zero-order valence-corrected chi connectivity index (χ0v) is 13.1. The van der Waals surface area contributed by atoms with E-state index in [1.165, 1.54) is 0 Å². The SMILES string of the molecule is CC(C(=O)O)C(C)C(=O)NCc1ccccc1CN(C)C. The molecule has 0 saturated heterocycles. The Morgan fingerprint density at radius 3 is 2.24 bits per heavy atom. The van der Waals surface area contributed by atoms with Gasteiger partial charge in [-0.05, 0) is 25.2 Å². The number of carboxylic acids is 1. The fourth-order valence-corrected chi connectivity index (χ4v) is 2.01. The van der Waals surface area contributed by atoms with Gasteiger partial charge in [0.15, 0.2) is 0 Å². The van der Waals surface area contributed by atoms with Gasteiger partial charge >= 0.3 is 5.97 Å². The van der Waals surface area contributed by atoms with Crippen molar-refractivity contribution in [1.82, 2.24) is 10.2 Å². The Labute approximate surface area is 126 Å². The fraction of sp³-hybridized carbons (Fsp3) is 0.500. The molecule has 0 radical (unpaired) electrons. The predicted octanol–water partition coefficient (Wildman–Crippen LogP) is 1.72. The van der Waals surface area contributed by atoms with E-state index in [0.29, 0.717) is 6.54 Å². The molecule has 2 unspecified atom stereocenters. The van der Waals surface area contributed by atoms with Gasteiger partial charge in [-0.3, -0.25) is 9.59 Å². The van der Waals surface area contributed by atoms with E-state index < -0.39 is 17.8 Å². The van der Waals surface area contributed by atoms with Crippen LogP contribution in [0.1, 0.15) is 25.0 Å². The molecule has 1 rings (SSSR count). The number of hydrogen-bond acceptors (Lipinski definition) is 3. The monoisotopic (exact) mass is 292 g/mol. The Hall–Kier alpha value is -1.88. The van der Waals surface area contributed by atoms with Gasteiger partial charge in [0.1, 0.15) is 0 Å². The van der Waals surface area contributed by atoms with E-state index in [9.17, 15) is 9.59 Å². The molecule has 2 atom stereocenters. The topological polar surface area (TPSA) is 69.6 Å². The highest BCUT2D eigenvalue weighted by Crippen LogP contribution is 2.13. The average Bonchev–Trinajstić information content (AvgIpc) is 2.43. The van der Waals surface area contributed by atoms with Crippen LogP contribution in [0.5, 0.6) is 0 Å². The van der Waals surface area contributed by atoms with Crippen LogP contribution in [-0.2, 0) is 22.7 Å².